The van der Waals surface area contributed by atoms with Gasteiger partial charge in [0.2, 0.25) is 0 Å². The molecule has 1 heterocycles. The van der Waals surface area contributed by atoms with Gasteiger partial charge in [0.05, 0.1) is 5.03 Å². The Kier molecular flexibility index (Phi) is 3.29. The van der Waals surface area contributed by atoms with E-state index in [0.29, 0.717) is 11.2 Å². The summed E-state index contributed by atoms with van der Waals surface area (Å²) in [7, 11) is 0. The molecule has 0 aliphatic carbocycles. The number of benzene rings is 1. The number of hydrogen-bond acceptors (Lipinski definition) is 1. The van der Waals surface area contributed by atoms with Crippen LogP contribution in [0.15, 0.2) is 29.3 Å². The summed E-state index contributed by atoms with van der Waals surface area (Å²) in [5.41, 5.74) is 2.73. The third-order valence-electron chi connectivity index (χ3n) is 2.64. The molecule has 2 rings (SSSR count). The van der Waals surface area contributed by atoms with Gasteiger partial charge in [-0.15, -0.1) is 11.8 Å². The molecule has 0 radical (unpaired) electrons. The van der Waals surface area contributed by atoms with Gasteiger partial charge in [0.1, 0.15) is 0 Å². The van der Waals surface area contributed by atoms with Crippen molar-refractivity contribution in [1.29, 1.82) is 0 Å². The van der Waals surface area contributed by atoms with Gasteiger partial charge in [0.25, 0.3) is 0 Å². The molecule has 0 aliphatic rings. The Morgan fingerprint density at radius 1 is 1.06 bits per heavy atom. The fourth-order valence-electron chi connectivity index (χ4n) is 2.04. The van der Waals surface area contributed by atoms with Gasteiger partial charge in [-0.1, -0.05) is 45.9 Å². The largest absolute Gasteiger partial charge is 0.349 e. The Labute approximate surface area is 102 Å². The molecule has 0 unspecified atom stereocenters. The van der Waals surface area contributed by atoms with E-state index in [2.05, 4.69) is 56.9 Å². The van der Waals surface area contributed by atoms with E-state index in [-0.39, 0.29) is 0 Å². The summed E-state index contributed by atoms with van der Waals surface area (Å²) >= 11 is 1.92. The summed E-state index contributed by atoms with van der Waals surface area (Å²) in [6, 6.07) is 8.58. The van der Waals surface area contributed by atoms with Crippen LogP contribution in [0, 0.1) is 0 Å². The quantitative estimate of drug-likeness (QED) is 0.753. The maximum Gasteiger partial charge on any atom is 0.0770 e. The van der Waals surface area contributed by atoms with Gasteiger partial charge in [-0.05, 0) is 17.5 Å². The van der Waals surface area contributed by atoms with Crippen molar-refractivity contribution in [2.45, 2.75) is 43.9 Å². The summed E-state index contributed by atoms with van der Waals surface area (Å²) in [4.78, 5) is 3.54. The first-order valence-corrected chi connectivity index (χ1v) is 6.74. The Balaban J connectivity index is 2.58. The second kappa shape index (κ2) is 4.54. The summed E-state index contributed by atoms with van der Waals surface area (Å²) in [6.45, 7) is 9.00. The Hall–Kier alpha value is -0.890. The molecule has 0 saturated carbocycles. The summed E-state index contributed by atoms with van der Waals surface area (Å²) in [5, 5.41) is 3.33. The highest BCUT2D eigenvalue weighted by atomic mass is 32.2. The Morgan fingerprint density at radius 2 is 1.75 bits per heavy atom. The second-order valence-electron chi connectivity index (χ2n) is 4.73. The van der Waals surface area contributed by atoms with Crippen LogP contribution in [0.2, 0.25) is 0 Å². The monoisotopic (exact) mass is 233 g/mol. The topological polar surface area (TPSA) is 15.8 Å². The predicted octanol–water partition coefficient (Wildman–Crippen LogP) is 4.79. The molecule has 0 bridgehead atoms. The maximum absolute atomic E-state index is 3.54. The standard InChI is InChI=1S/C14H19NS/c1-9(2)13-11-7-5-6-8-12(11)15-14(13)16-10(3)4/h5-10,15H,1-4H3. The maximum atomic E-state index is 3.54. The molecule has 0 spiro atoms. The SMILES string of the molecule is CC(C)Sc1[nH]c2ccccc2c1C(C)C. The smallest absolute Gasteiger partial charge is 0.0770 e. The van der Waals surface area contributed by atoms with Crippen LogP contribution in [0.5, 0.6) is 0 Å². The number of nitrogens with one attached hydrogen (secondary N) is 1. The number of aromatic amines is 1. The zero-order valence-corrected chi connectivity index (χ0v) is 11.2. The van der Waals surface area contributed by atoms with Crippen LogP contribution in [0.1, 0.15) is 39.2 Å². The molecular formula is C14H19NS. The second-order valence-corrected chi connectivity index (χ2v) is 6.32. The van der Waals surface area contributed by atoms with Crippen LogP contribution in [-0.2, 0) is 0 Å². The highest BCUT2D eigenvalue weighted by Gasteiger charge is 2.15. The minimum atomic E-state index is 0.567. The molecule has 86 valence electrons. The molecule has 2 heteroatoms. The molecule has 2 aromatic rings. The number of para-hydroxylation sites is 1. The van der Waals surface area contributed by atoms with Crippen molar-refractivity contribution in [3.63, 3.8) is 0 Å². The van der Waals surface area contributed by atoms with Gasteiger partial charge in [-0.25, -0.2) is 0 Å². The van der Waals surface area contributed by atoms with Crippen molar-refractivity contribution in [3.8, 4) is 0 Å². The zero-order chi connectivity index (χ0) is 11.7. The molecule has 16 heavy (non-hydrogen) atoms. The van der Waals surface area contributed by atoms with Gasteiger partial charge in [-0.3, -0.25) is 0 Å². The van der Waals surface area contributed by atoms with Gasteiger partial charge < -0.3 is 4.98 Å². The van der Waals surface area contributed by atoms with E-state index in [0.717, 1.165) is 0 Å². The van der Waals surface area contributed by atoms with Gasteiger partial charge >= 0.3 is 0 Å². The van der Waals surface area contributed by atoms with E-state index >= 15 is 0 Å². The van der Waals surface area contributed by atoms with Crippen LogP contribution in [0.25, 0.3) is 10.9 Å². The fourth-order valence-corrected chi connectivity index (χ4v) is 3.15. The van der Waals surface area contributed by atoms with Crippen LogP contribution in [0.4, 0.5) is 0 Å². The molecular weight excluding hydrogens is 214 g/mol. The number of aromatic nitrogens is 1. The molecule has 1 aromatic carbocycles. The molecule has 1 nitrogen and oxygen atoms in total. The lowest BCUT2D eigenvalue weighted by molar-refractivity contribution is 0.844. The van der Waals surface area contributed by atoms with Gasteiger partial charge in [0.15, 0.2) is 0 Å². The zero-order valence-electron chi connectivity index (χ0n) is 10.4. The van der Waals surface area contributed by atoms with Crippen molar-refractivity contribution in [1.82, 2.24) is 4.98 Å². The van der Waals surface area contributed by atoms with Crippen molar-refractivity contribution in [3.05, 3.63) is 29.8 Å². The molecule has 0 aliphatic heterocycles. The average molecular weight is 233 g/mol. The Bertz CT molecular complexity index is 482. The van der Waals surface area contributed by atoms with Crippen LogP contribution < -0.4 is 0 Å². The van der Waals surface area contributed by atoms with Crippen molar-refractivity contribution in [2.24, 2.45) is 0 Å². The van der Waals surface area contributed by atoms with E-state index in [4.69, 9.17) is 0 Å². The van der Waals surface area contributed by atoms with E-state index in [1.54, 1.807) is 0 Å². The molecule has 1 aromatic heterocycles. The lowest BCUT2D eigenvalue weighted by Crippen LogP contribution is -1.92. The summed E-state index contributed by atoms with van der Waals surface area (Å²) in [6.07, 6.45) is 0. The normalized spacial score (nSPS) is 11.9. The molecule has 0 fully saturated rings. The predicted molar refractivity (Wildman–Crippen MR) is 73.4 cm³/mol. The average Bonchev–Trinajstić information content (AvgIpc) is 2.53. The number of hydrogen-bond donors (Lipinski definition) is 1. The lowest BCUT2D eigenvalue weighted by atomic mass is 10.0. The lowest BCUT2D eigenvalue weighted by Gasteiger charge is -2.09. The first-order chi connectivity index (χ1) is 7.59. The van der Waals surface area contributed by atoms with E-state index in [9.17, 15) is 0 Å². The molecule has 1 N–H and O–H groups in total. The molecule has 0 saturated heterocycles. The van der Waals surface area contributed by atoms with E-state index in [1.165, 1.54) is 21.5 Å². The summed E-state index contributed by atoms with van der Waals surface area (Å²) < 4.78 is 0. The number of H-pyrrole nitrogens is 1. The van der Waals surface area contributed by atoms with E-state index in [1.807, 2.05) is 11.8 Å². The number of fused-ring (bicyclic) bond motifs is 1. The van der Waals surface area contributed by atoms with Crippen molar-refractivity contribution >= 4 is 22.7 Å². The number of thioether (sulfide) groups is 1. The molecule has 0 atom stereocenters. The highest BCUT2D eigenvalue weighted by molar-refractivity contribution is 7.99. The van der Waals surface area contributed by atoms with Crippen LogP contribution in [-0.4, -0.2) is 10.2 Å². The summed E-state index contributed by atoms with van der Waals surface area (Å²) in [5.74, 6) is 0.567. The molecule has 0 amide bonds. The highest BCUT2D eigenvalue weighted by Crippen LogP contribution is 2.36. The minimum Gasteiger partial charge on any atom is -0.349 e. The van der Waals surface area contributed by atoms with Crippen LogP contribution >= 0.6 is 11.8 Å². The third-order valence-corrected chi connectivity index (χ3v) is 3.67. The third kappa shape index (κ3) is 2.12. The van der Waals surface area contributed by atoms with E-state index < -0.39 is 0 Å². The first-order valence-electron chi connectivity index (χ1n) is 5.87. The fraction of sp³-hybridized carbons (Fsp3) is 0.429. The number of rotatable bonds is 3. The first kappa shape index (κ1) is 11.6. The van der Waals surface area contributed by atoms with Gasteiger partial charge in [-0.2, -0.15) is 0 Å². The van der Waals surface area contributed by atoms with Crippen molar-refractivity contribution < 1.29 is 0 Å². The minimum absolute atomic E-state index is 0.567. The van der Waals surface area contributed by atoms with Crippen molar-refractivity contribution in [2.75, 3.05) is 0 Å². The van der Waals surface area contributed by atoms with Gasteiger partial charge in [0, 0.05) is 16.2 Å². The Morgan fingerprint density at radius 3 is 2.38 bits per heavy atom. The van der Waals surface area contributed by atoms with Crippen LogP contribution in [0.3, 0.4) is 0 Å².